The molecule has 0 saturated carbocycles. The third-order valence-corrected chi connectivity index (χ3v) is 5.78. The van der Waals surface area contributed by atoms with Crippen LogP contribution in [0.3, 0.4) is 0 Å². The Morgan fingerprint density at radius 2 is 1.83 bits per heavy atom. The first-order valence-electron chi connectivity index (χ1n) is 9.11. The van der Waals surface area contributed by atoms with Gasteiger partial charge in [-0.3, -0.25) is 0 Å². The molecule has 0 spiro atoms. The fraction of sp³-hybridized carbons (Fsp3) is 0.227. The Labute approximate surface area is 179 Å². The number of carbonyl (C=O) groups excluding carboxylic acids is 1. The number of esters is 1. The normalized spacial score (nSPS) is 10.6. The van der Waals surface area contributed by atoms with Gasteiger partial charge in [0.05, 0.1) is 7.11 Å². The molecule has 3 aromatic rings. The molecule has 0 atom stereocenters. The van der Waals surface area contributed by atoms with E-state index in [4.69, 9.17) is 4.74 Å². The lowest BCUT2D eigenvalue weighted by atomic mass is 10.1. The number of aryl methyl sites for hydroxylation is 1. The minimum Gasteiger partial charge on any atom is -0.465 e. The van der Waals surface area contributed by atoms with Crippen molar-refractivity contribution in [2.75, 3.05) is 18.7 Å². The van der Waals surface area contributed by atoms with Gasteiger partial charge in [0.2, 0.25) is 0 Å². The number of nitrogens with one attached hydrogen (secondary N) is 1. The number of thioether (sulfide) groups is 2. The highest BCUT2D eigenvalue weighted by Crippen LogP contribution is 2.31. The first-order valence-corrected chi connectivity index (χ1v) is 11.3. The van der Waals surface area contributed by atoms with Crippen molar-refractivity contribution in [2.24, 2.45) is 0 Å². The summed E-state index contributed by atoms with van der Waals surface area (Å²) in [6.45, 7) is 2.61. The Morgan fingerprint density at radius 3 is 2.52 bits per heavy atom. The Bertz CT molecular complexity index is 981. The zero-order valence-corrected chi connectivity index (χ0v) is 18.3. The van der Waals surface area contributed by atoms with Crippen LogP contribution in [0, 0.1) is 6.92 Å². The maximum Gasteiger partial charge on any atom is 0.344 e. The van der Waals surface area contributed by atoms with Gasteiger partial charge >= 0.3 is 5.97 Å². The molecule has 0 aliphatic rings. The van der Waals surface area contributed by atoms with E-state index < -0.39 is 5.97 Å². The van der Waals surface area contributed by atoms with Crippen LogP contribution in [0.4, 0.5) is 5.82 Å². The first-order chi connectivity index (χ1) is 14.1. The molecule has 0 bridgehead atoms. The Hall–Kier alpha value is -2.51. The van der Waals surface area contributed by atoms with Gasteiger partial charge in [0.15, 0.2) is 5.16 Å². The fourth-order valence-corrected chi connectivity index (χ4v) is 4.16. The quantitative estimate of drug-likeness (QED) is 0.230. The molecule has 0 amide bonds. The molecule has 3 rings (SSSR count). The van der Waals surface area contributed by atoms with Crippen molar-refractivity contribution in [2.45, 2.75) is 29.4 Å². The smallest absolute Gasteiger partial charge is 0.344 e. The number of methoxy groups -OCH3 is 1. The summed E-state index contributed by atoms with van der Waals surface area (Å²) in [6.07, 6.45) is 1.92. The second kappa shape index (κ2) is 10.3. The maximum absolute atomic E-state index is 12.6. The van der Waals surface area contributed by atoms with Crippen LogP contribution in [0.5, 0.6) is 0 Å². The van der Waals surface area contributed by atoms with E-state index in [0.29, 0.717) is 33.9 Å². The summed E-state index contributed by atoms with van der Waals surface area (Å²) in [4.78, 5) is 21.7. The molecular formula is C22H23N3O2S2. The second-order valence-corrected chi connectivity index (χ2v) is 8.08. The molecule has 0 aliphatic heterocycles. The number of nitrogens with zero attached hydrogens (tertiary/aromatic N) is 2. The number of aromatic nitrogens is 2. The van der Waals surface area contributed by atoms with Gasteiger partial charge in [-0.05, 0) is 24.3 Å². The predicted octanol–water partition coefficient (Wildman–Crippen LogP) is 5.20. The van der Waals surface area contributed by atoms with Crippen molar-refractivity contribution in [3.8, 4) is 0 Å². The molecule has 29 heavy (non-hydrogen) atoms. The van der Waals surface area contributed by atoms with E-state index >= 15 is 0 Å². The first kappa shape index (κ1) is 21.2. The number of carbonyl (C=O) groups is 1. The van der Waals surface area contributed by atoms with E-state index in [1.54, 1.807) is 0 Å². The van der Waals surface area contributed by atoms with E-state index in [2.05, 4.69) is 46.5 Å². The monoisotopic (exact) mass is 425 g/mol. The molecule has 0 fully saturated rings. The van der Waals surface area contributed by atoms with Crippen LogP contribution in [0.1, 0.15) is 27.0 Å². The molecule has 2 aromatic carbocycles. The number of hydrogen-bond acceptors (Lipinski definition) is 7. The molecule has 7 heteroatoms. The van der Waals surface area contributed by atoms with Gasteiger partial charge in [-0.1, -0.05) is 71.9 Å². The van der Waals surface area contributed by atoms with Crippen LogP contribution < -0.4 is 5.32 Å². The van der Waals surface area contributed by atoms with Gasteiger partial charge in [0.25, 0.3) is 0 Å². The number of hydrogen-bond donors (Lipinski definition) is 1. The lowest BCUT2D eigenvalue weighted by Crippen LogP contribution is -2.13. The predicted molar refractivity (Wildman–Crippen MR) is 120 cm³/mol. The minimum absolute atomic E-state index is 0.374. The summed E-state index contributed by atoms with van der Waals surface area (Å²) < 4.78 is 5.04. The van der Waals surface area contributed by atoms with Crippen molar-refractivity contribution >= 4 is 35.3 Å². The largest absolute Gasteiger partial charge is 0.465 e. The lowest BCUT2D eigenvalue weighted by molar-refractivity contribution is 0.0596. The van der Waals surface area contributed by atoms with Gasteiger partial charge in [-0.15, -0.1) is 11.8 Å². The van der Waals surface area contributed by atoms with Crippen molar-refractivity contribution in [3.63, 3.8) is 0 Å². The Morgan fingerprint density at radius 1 is 1.07 bits per heavy atom. The topological polar surface area (TPSA) is 64.1 Å². The molecule has 0 radical (unpaired) electrons. The Kier molecular flexibility index (Phi) is 7.55. The zero-order valence-electron chi connectivity index (χ0n) is 16.6. The van der Waals surface area contributed by atoms with Crippen LogP contribution in [-0.2, 0) is 17.0 Å². The highest BCUT2D eigenvalue weighted by molar-refractivity contribution is 7.99. The summed E-state index contributed by atoms with van der Waals surface area (Å²) in [6, 6.07) is 18.3. The van der Waals surface area contributed by atoms with Gasteiger partial charge in [-0.25, -0.2) is 14.8 Å². The third-order valence-electron chi connectivity index (χ3n) is 4.19. The molecule has 0 unspecified atom stereocenters. The lowest BCUT2D eigenvalue weighted by Gasteiger charge is -2.14. The summed E-state index contributed by atoms with van der Waals surface area (Å²) in [5, 5.41) is 4.54. The van der Waals surface area contributed by atoms with Crippen molar-refractivity contribution in [1.82, 2.24) is 9.97 Å². The highest BCUT2D eigenvalue weighted by Gasteiger charge is 2.22. The van der Waals surface area contributed by atoms with Gasteiger partial charge in [-0.2, -0.15) is 0 Å². The van der Waals surface area contributed by atoms with Crippen molar-refractivity contribution in [1.29, 1.82) is 0 Å². The van der Waals surface area contributed by atoms with Gasteiger partial charge in [0.1, 0.15) is 16.4 Å². The summed E-state index contributed by atoms with van der Waals surface area (Å²) >= 11 is 2.95. The molecule has 150 valence electrons. The summed E-state index contributed by atoms with van der Waals surface area (Å²) in [5.74, 6) is 0.751. The van der Waals surface area contributed by atoms with E-state index in [1.165, 1.54) is 36.2 Å². The average Bonchev–Trinajstić information content (AvgIpc) is 2.76. The van der Waals surface area contributed by atoms with Gasteiger partial charge in [0, 0.05) is 12.3 Å². The van der Waals surface area contributed by atoms with E-state index in [-0.39, 0.29) is 0 Å². The molecule has 0 saturated heterocycles. The number of benzene rings is 2. The van der Waals surface area contributed by atoms with Crippen LogP contribution in [0.25, 0.3) is 0 Å². The van der Waals surface area contributed by atoms with Crippen LogP contribution in [0.15, 0.2) is 64.8 Å². The van der Waals surface area contributed by atoms with E-state index in [1.807, 2.05) is 36.6 Å². The van der Waals surface area contributed by atoms with Gasteiger partial charge < -0.3 is 10.1 Å². The van der Waals surface area contributed by atoms with Crippen LogP contribution in [-0.4, -0.2) is 29.3 Å². The maximum atomic E-state index is 12.6. The molecule has 5 nitrogen and oxygen atoms in total. The molecule has 1 heterocycles. The molecule has 1 N–H and O–H groups in total. The summed E-state index contributed by atoms with van der Waals surface area (Å²) in [5.41, 5.74) is 3.83. The van der Waals surface area contributed by atoms with Crippen LogP contribution >= 0.6 is 23.5 Å². The van der Waals surface area contributed by atoms with Crippen molar-refractivity contribution < 1.29 is 9.53 Å². The standard InChI is InChI=1S/C22H23N3O2S2/c1-15-8-7-11-17(12-15)13-23-19-18(21(26)27-2)20(25-22(24-19)28-3)29-14-16-9-5-4-6-10-16/h4-12H,13-14H2,1-3H3,(H,23,24,25). The Balaban J connectivity index is 1.91. The van der Waals surface area contributed by atoms with E-state index in [0.717, 1.165) is 11.1 Å². The fourth-order valence-electron chi connectivity index (χ4n) is 2.76. The third kappa shape index (κ3) is 5.74. The number of rotatable bonds is 8. The average molecular weight is 426 g/mol. The number of anilines is 1. The molecule has 1 aromatic heterocycles. The van der Waals surface area contributed by atoms with E-state index in [9.17, 15) is 4.79 Å². The minimum atomic E-state index is -0.444. The zero-order chi connectivity index (χ0) is 20.6. The molecule has 0 aliphatic carbocycles. The second-order valence-electron chi connectivity index (χ2n) is 6.35. The van der Waals surface area contributed by atoms with Crippen molar-refractivity contribution in [3.05, 3.63) is 76.9 Å². The summed E-state index contributed by atoms with van der Waals surface area (Å²) in [7, 11) is 1.38. The number of ether oxygens (including phenoxy) is 1. The highest BCUT2D eigenvalue weighted by atomic mass is 32.2. The molecular weight excluding hydrogens is 402 g/mol. The van der Waals surface area contributed by atoms with Crippen LogP contribution in [0.2, 0.25) is 0 Å². The SMILES string of the molecule is COC(=O)c1c(NCc2cccc(C)c2)nc(SC)nc1SCc1ccccc1.